The normalized spacial score (nSPS) is 14.4. The van der Waals surface area contributed by atoms with Crippen molar-refractivity contribution in [2.24, 2.45) is 11.7 Å². The molecule has 3 nitrogen and oxygen atoms in total. The fraction of sp³-hybridized carbons (Fsp3) is 0.208. The second kappa shape index (κ2) is 7.08. The number of carbonyl (C=O) groups is 1. The van der Waals surface area contributed by atoms with Crippen molar-refractivity contribution in [2.75, 3.05) is 0 Å². The van der Waals surface area contributed by atoms with Crippen LogP contribution >= 0.6 is 23.2 Å². The number of fused-ring (bicyclic) bond motifs is 3. The van der Waals surface area contributed by atoms with Crippen LogP contribution in [0, 0.1) is 5.92 Å². The minimum Gasteiger partial charge on any atom is -0.366 e. The Bertz CT molecular complexity index is 1270. The molecule has 2 N–H and O–H groups in total. The molecule has 1 amide bonds. The molecule has 0 bridgehead atoms. The lowest BCUT2D eigenvalue weighted by atomic mass is 9.85. The van der Waals surface area contributed by atoms with Gasteiger partial charge in [0.1, 0.15) is 0 Å². The first-order valence-corrected chi connectivity index (χ1v) is 10.6. The van der Waals surface area contributed by atoms with Gasteiger partial charge in [-0.1, -0.05) is 53.9 Å². The van der Waals surface area contributed by atoms with Crippen molar-refractivity contribution in [2.45, 2.75) is 25.8 Å². The number of benzene rings is 3. The van der Waals surface area contributed by atoms with Crippen LogP contribution in [0.25, 0.3) is 32.9 Å². The number of halogens is 2. The van der Waals surface area contributed by atoms with E-state index in [1.54, 1.807) is 6.07 Å². The summed E-state index contributed by atoms with van der Waals surface area (Å²) in [6.45, 7) is 0.944. The molecule has 29 heavy (non-hydrogen) atoms. The first-order chi connectivity index (χ1) is 14.0. The first-order valence-electron chi connectivity index (χ1n) is 9.83. The molecule has 5 heteroatoms. The fourth-order valence-corrected chi connectivity index (χ4v) is 4.89. The lowest BCUT2D eigenvalue weighted by molar-refractivity contribution is 0.100. The summed E-state index contributed by atoms with van der Waals surface area (Å²) in [6.07, 6.45) is 3.79. The molecule has 1 aliphatic rings. The Hall–Kier alpha value is -2.49. The van der Waals surface area contributed by atoms with E-state index in [1.807, 2.05) is 30.3 Å². The first kappa shape index (κ1) is 18.5. The van der Waals surface area contributed by atoms with Crippen molar-refractivity contribution in [3.05, 3.63) is 70.2 Å². The Balaban J connectivity index is 1.79. The van der Waals surface area contributed by atoms with Gasteiger partial charge in [-0.15, -0.1) is 0 Å². The van der Waals surface area contributed by atoms with Gasteiger partial charge < -0.3 is 10.3 Å². The number of hydrogen-bond donors (Lipinski definition) is 1. The van der Waals surface area contributed by atoms with Gasteiger partial charge in [0.25, 0.3) is 0 Å². The molecule has 0 radical (unpaired) electrons. The third-order valence-electron chi connectivity index (χ3n) is 6.06. The molecule has 146 valence electrons. The monoisotopic (exact) mass is 422 g/mol. The number of aromatic nitrogens is 1. The summed E-state index contributed by atoms with van der Waals surface area (Å²) in [5, 5.41) is 3.21. The van der Waals surface area contributed by atoms with Gasteiger partial charge >= 0.3 is 0 Å². The van der Waals surface area contributed by atoms with E-state index >= 15 is 0 Å². The van der Waals surface area contributed by atoms with Gasteiger partial charge in [0, 0.05) is 49.5 Å². The Labute approximate surface area is 179 Å². The van der Waals surface area contributed by atoms with E-state index in [0.29, 0.717) is 21.5 Å². The highest BCUT2D eigenvalue weighted by atomic mass is 35.5. The van der Waals surface area contributed by atoms with Gasteiger partial charge in [-0.05, 0) is 54.7 Å². The zero-order valence-corrected chi connectivity index (χ0v) is 17.3. The molecule has 1 aliphatic carbocycles. The van der Waals surface area contributed by atoms with Gasteiger partial charge in [0.2, 0.25) is 5.91 Å². The molecule has 1 saturated carbocycles. The standard InChI is InChI=1S/C24H20Cl2N2O/c25-16-8-10-17(20(26)12-16)15-7-9-18-22(11-15)28(13-14-3-1-4-14)21-6-2-5-19(23(18)21)24(27)29/h2,5-12,14H,1,3-4,13H2,(H2,27,29). The summed E-state index contributed by atoms with van der Waals surface area (Å²) in [7, 11) is 0. The largest absolute Gasteiger partial charge is 0.366 e. The van der Waals surface area contributed by atoms with Crippen LogP contribution in [-0.2, 0) is 6.54 Å². The molecule has 0 aliphatic heterocycles. The van der Waals surface area contributed by atoms with E-state index < -0.39 is 5.91 Å². The molecule has 1 heterocycles. The number of primary amides is 1. The van der Waals surface area contributed by atoms with Crippen molar-refractivity contribution in [1.29, 1.82) is 0 Å². The van der Waals surface area contributed by atoms with Gasteiger partial charge in [-0.2, -0.15) is 0 Å². The number of hydrogen-bond acceptors (Lipinski definition) is 1. The number of nitrogens with two attached hydrogens (primary N) is 1. The predicted octanol–water partition coefficient (Wildman–Crippen LogP) is 6.67. The van der Waals surface area contributed by atoms with E-state index in [-0.39, 0.29) is 0 Å². The van der Waals surface area contributed by atoms with Crippen molar-refractivity contribution >= 4 is 50.9 Å². The summed E-state index contributed by atoms with van der Waals surface area (Å²) >= 11 is 12.5. The molecule has 0 spiro atoms. The Kier molecular flexibility index (Phi) is 4.53. The topological polar surface area (TPSA) is 48.0 Å². The van der Waals surface area contributed by atoms with Crippen LogP contribution in [0.5, 0.6) is 0 Å². The van der Waals surface area contributed by atoms with Crippen LogP contribution in [-0.4, -0.2) is 10.5 Å². The zero-order valence-electron chi connectivity index (χ0n) is 15.8. The van der Waals surface area contributed by atoms with Crippen LogP contribution in [0.1, 0.15) is 29.6 Å². The number of carbonyl (C=O) groups excluding carboxylic acids is 1. The maximum atomic E-state index is 12.1. The highest BCUT2D eigenvalue weighted by Crippen LogP contribution is 2.38. The Morgan fingerprint density at radius 3 is 2.55 bits per heavy atom. The Morgan fingerprint density at radius 2 is 1.86 bits per heavy atom. The van der Waals surface area contributed by atoms with E-state index in [9.17, 15) is 4.79 Å². The molecule has 0 atom stereocenters. The number of rotatable bonds is 4. The van der Waals surface area contributed by atoms with Gasteiger partial charge in [-0.3, -0.25) is 4.79 Å². The van der Waals surface area contributed by atoms with Gasteiger partial charge in [0.15, 0.2) is 0 Å². The van der Waals surface area contributed by atoms with Gasteiger partial charge in [0.05, 0.1) is 0 Å². The smallest absolute Gasteiger partial charge is 0.249 e. The predicted molar refractivity (Wildman–Crippen MR) is 121 cm³/mol. The third-order valence-corrected chi connectivity index (χ3v) is 6.61. The fourth-order valence-electron chi connectivity index (χ4n) is 4.37. The highest BCUT2D eigenvalue weighted by molar-refractivity contribution is 6.36. The summed E-state index contributed by atoms with van der Waals surface area (Å²) in [5.74, 6) is 0.275. The van der Waals surface area contributed by atoms with E-state index in [1.165, 1.54) is 19.3 Å². The van der Waals surface area contributed by atoms with E-state index in [0.717, 1.165) is 39.5 Å². The molecular formula is C24H20Cl2N2O. The van der Waals surface area contributed by atoms with Crippen LogP contribution in [0.2, 0.25) is 10.0 Å². The minimum absolute atomic E-state index is 0.400. The van der Waals surface area contributed by atoms with E-state index in [2.05, 4.69) is 22.8 Å². The van der Waals surface area contributed by atoms with Crippen molar-refractivity contribution < 1.29 is 4.79 Å². The zero-order chi connectivity index (χ0) is 20.1. The minimum atomic E-state index is -0.400. The maximum Gasteiger partial charge on any atom is 0.249 e. The third kappa shape index (κ3) is 3.09. The molecule has 0 saturated heterocycles. The van der Waals surface area contributed by atoms with Crippen LogP contribution in [0.3, 0.4) is 0 Å². The lowest BCUT2D eigenvalue weighted by Crippen LogP contribution is -2.18. The van der Waals surface area contributed by atoms with Crippen LogP contribution in [0.4, 0.5) is 0 Å². The summed E-state index contributed by atoms with van der Waals surface area (Å²) in [4.78, 5) is 12.1. The van der Waals surface area contributed by atoms with E-state index in [4.69, 9.17) is 28.9 Å². The molecular weight excluding hydrogens is 403 g/mol. The molecule has 1 aromatic heterocycles. The van der Waals surface area contributed by atoms with Crippen LogP contribution in [0.15, 0.2) is 54.6 Å². The average molecular weight is 423 g/mol. The highest BCUT2D eigenvalue weighted by Gasteiger charge is 2.22. The van der Waals surface area contributed by atoms with Crippen molar-refractivity contribution in [1.82, 2.24) is 4.57 Å². The molecule has 1 fully saturated rings. The van der Waals surface area contributed by atoms with Crippen LogP contribution < -0.4 is 5.73 Å². The Morgan fingerprint density at radius 1 is 1.03 bits per heavy atom. The molecule has 5 rings (SSSR count). The number of amides is 1. The van der Waals surface area contributed by atoms with Crippen molar-refractivity contribution in [3.63, 3.8) is 0 Å². The summed E-state index contributed by atoms with van der Waals surface area (Å²) < 4.78 is 2.34. The second-order valence-corrected chi connectivity index (χ2v) is 8.67. The molecule has 4 aromatic rings. The van der Waals surface area contributed by atoms with Crippen molar-refractivity contribution in [3.8, 4) is 11.1 Å². The molecule has 3 aromatic carbocycles. The second-order valence-electron chi connectivity index (χ2n) is 7.83. The summed E-state index contributed by atoms with van der Waals surface area (Å²) in [6, 6.07) is 17.6. The number of nitrogens with zero attached hydrogens (tertiary/aromatic N) is 1. The SMILES string of the molecule is NC(=O)c1cccc2c1c1ccc(-c3ccc(Cl)cc3Cl)cc1n2CC1CCC1. The molecule has 0 unspecified atom stereocenters. The average Bonchev–Trinajstić information content (AvgIpc) is 2.97. The quantitative estimate of drug-likeness (QED) is 0.392. The maximum absolute atomic E-state index is 12.1. The summed E-state index contributed by atoms with van der Waals surface area (Å²) in [5.41, 5.74) is 10.4. The lowest BCUT2D eigenvalue weighted by Gasteiger charge is -2.26. The van der Waals surface area contributed by atoms with Gasteiger partial charge in [-0.25, -0.2) is 0 Å².